The Morgan fingerprint density at radius 3 is 2.65 bits per heavy atom. The van der Waals surface area contributed by atoms with Gasteiger partial charge in [0.25, 0.3) is 0 Å². The number of methoxy groups -OCH3 is 1. The molecular weight excluding hydrogens is 356 g/mol. The zero-order valence-corrected chi connectivity index (χ0v) is 15.1. The van der Waals surface area contributed by atoms with Crippen LogP contribution in [0.1, 0.15) is 37.7 Å². The normalized spacial score (nSPS) is 29.9. The van der Waals surface area contributed by atoms with E-state index in [-0.39, 0.29) is 11.8 Å². The molecule has 2 saturated carbocycles. The first-order chi connectivity index (χ1) is 11.1. The van der Waals surface area contributed by atoms with Gasteiger partial charge in [0, 0.05) is 18.5 Å². The maximum absolute atomic E-state index is 12.5. The Morgan fingerprint density at radius 2 is 2.04 bits per heavy atom. The van der Waals surface area contributed by atoms with Crippen LogP contribution in [0.4, 0.5) is 0 Å². The summed E-state index contributed by atoms with van der Waals surface area (Å²) in [6, 6.07) is 6.20. The Labute approximate surface area is 146 Å². The monoisotopic (exact) mass is 380 g/mol. The Bertz CT molecular complexity index is 564. The summed E-state index contributed by atoms with van der Waals surface area (Å²) < 4.78 is 6.13. The molecule has 1 aromatic carbocycles. The first-order valence-corrected chi connectivity index (χ1v) is 9.23. The molecule has 0 aromatic heterocycles. The highest BCUT2D eigenvalue weighted by atomic mass is 79.9. The summed E-state index contributed by atoms with van der Waals surface area (Å²) in [5.41, 5.74) is 7.38. The van der Waals surface area contributed by atoms with Gasteiger partial charge in [-0.05, 0) is 71.1 Å². The Morgan fingerprint density at radius 1 is 1.35 bits per heavy atom. The molecule has 0 aliphatic heterocycles. The summed E-state index contributed by atoms with van der Waals surface area (Å²) in [5, 5.41) is 3.10. The van der Waals surface area contributed by atoms with E-state index < -0.39 is 0 Å². The van der Waals surface area contributed by atoms with E-state index in [1.54, 1.807) is 7.11 Å². The standard InChI is InChI=1S/C18H25BrN2O2/c1-23-16-6-5-11(7-15(16)19)10-21-18(22)14-8-12-3-2-4-13(9-14)17(12)20/h5-7,12-14,17H,2-4,8-10,20H2,1H3,(H,21,22). The molecule has 2 aliphatic carbocycles. The van der Waals surface area contributed by atoms with Gasteiger partial charge >= 0.3 is 0 Å². The maximum atomic E-state index is 12.5. The Balaban J connectivity index is 1.56. The van der Waals surface area contributed by atoms with Crippen LogP contribution in [0.3, 0.4) is 0 Å². The Hall–Kier alpha value is -1.07. The number of carbonyl (C=O) groups is 1. The number of rotatable bonds is 4. The van der Waals surface area contributed by atoms with E-state index in [9.17, 15) is 4.79 Å². The second-order valence-corrected chi connectivity index (χ2v) is 7.74. The molecule has 2 unspecified atom stereocenters. The van der Waals surface area contributed by atoms with Gasteiger partial charge in [-0.3, -0.25) is 4.79 Å². The van der Waals surface area contributed by atoms with Gasteiger partial charge in [0.15, 0.2) is 0 Å². The van der Waals surface area contributed by atoms with Gasteiger partial charge < -0.3 is 15.8 Å². The zero-order chi connectivity index (χ0) is 16.4. The number of amides is 1. The van der Waals surface area contributed by atoms with E-state index in [1.807, 2.05) is 18.2 Å². The lowest BCUT2D eigenvalue weighted by molar-refractivity contribution is -0.128. The lowest BCUT2D eigenvalue weighted by Gasteiger charge is -2.43. The van der Waals surface area contributed by atoms with Crippen LogP contribution in [0, 0.1) is 17.8 Å². The van der Waals surface area contributed by atoms with E-state index in [0.29, 0.717) is 24.4 Å². The van der Waals surface area contributed by atoms with Gasteiger partial charge in [0.2, 0.25) is 5.91 Å². The fraction of sp³-hybridized carbons (Fsp3) is 0.611. The van der Waals surface area contributed by atoms with Crippen LogP contribution in [0.2, 0.25) is 0 Å². The maximum Gasteiger partial charge on any atom is 0.223 e. The highest BCUT2D eigenvalue weighted by molar-refractivity contribution is 9.10. The number of halogens is 1. The summed E-state index contributed by atoms with van der Waals surface area (Å²) in [5.74, 6) is 2.18. The molecule has 126 valence electrons. The average Bonchev–Trinajstić information content (AvgIpc) is 2.52. The van der Waals surface area contributed by atoms with E-state index in [0.717, 1.165) is 28.6 Å². The van der Waals surface area contributed by atoms with Gasteiger partial charge in [-0.2, -0.15) is 0 Å². The minimum absolute atomic E-state index is 0.131. The van der Waals surface area contributed by atoms with Crippen LogP contribution in [-0.4, -0.2) is 19.1 Å². The second kappa shape index (κ2) is 7.22. The van der Waals surface area contributed by atoms with Crippen molar-refractivity contribution in [3.8, 4) is 5.75 Å². The Kier molecular flexibility index (Phi) is 5.27. The molecule has 0 spiro atoms. The van der Waals surface area contributed by atoms with E-state index in [4.69, 9.17) is 10.5 Å². The van der Waals surface area contributed by atoms with Crippen LogP contribution in [-0.2, 0) is 11.3 Å². The van der Waals surface area contributed by atoms with Crippen LogP contribution >= 0.6 is 15.9 Å². The van der Waals surface area contributed by atoms with Crippen molar-refractivity contribution < 1.29 is 9.53 Å². The summed E-state index contributed by atoms with van der Waals surface area (Å²) in [7, 11) is 1.65. The SMILES string of the molecule is COc1ccc(CNC(=O)C2CC3CCCC(C2)C3N)cc1Br. The van der Waals surface area contributed by atoms with Gasteiger partial charge in [0.1, 0.15) is 5.75 Å². The average molecular weight is 381 g/mol. The number of hydrogen-bond donors (Lipinski definition) is 2. The zero-order valence-electron chi connectivity index (χ0n) is 13.6. The van der Waals surface area contributed by atoms with Crippen LogP contribution in [0.5, 0.6) is 5.75 Å². The molecular formula is C18H25BrN2O2. The molecule has 2 atom stereocenters. The number of nitrogens with one attached hydrogen (secondary N) is 1. The van der Waals surface area contributed by atoms with Crippen molar-refractivity contribution in [2.24, 2.45) is 23.5 Å². The predicted molar refractivity (Wildman–Crippen MR) is 94.1 cm³/mol. The predicted octanol–water partition coefficient (Wildman–Crippen LogP) is 3.23. The van der Waals surface area contributed by atoms with Gasteiger partial charge in [0.05, 0.1) is 11.6 Å². The molecule has 3 rings (SSSR count). The van der Waals surface area contributed by atoms with Gasteiger partial charge in [-0.25, -0.2) is 0 Å². The first kappa shape index (κ1) is 16.8. The summed E-state index contributed by atoms with van der Waals surface area (Å²) in [4.78, 5) is 12.5. The highest BCUT2D eigenvalue weighted by Crippen LogP contribution is 2.41. The smallest absolute Gasteiger partial charge is 0.223 e. The van der Waals surface area contributed by atoms with E-state index >= 15 is 0 Å². The molecule has 5 heteroatoms. The molecule has 0 radical (unpaired) electrons. The molecule has 1 amide bonds. The second-order valence-electron chi connectivity index (χ2n) is 6.88. The molecule has 2 bridgehead atoms. The largest absolute Gasteiger partial charge is 0.496 e. The van der Waals surface area contributed by atoms with Gasteiger partial charge in [-0.1, -0.05) is 12.5 Å². The lowest BCUT2D eigenvalue weighted by atomic mass is 9.65. The van der Waals surface area contributed by atoms with Gasteiger partial charge in [-0.15, -0.1) is 0 Å². The summed E-state index contributed by atoms with van der Waals surface area (Å²) in [6.07, 6.45) is 5.56. The molecule has 0 heterocycles. The number of benzene rings is 1. The number of ether oxygens (including phenoxy) is 1. The molecule has 2 aliphatic rings. The van der Waals surface area contributed by atoms with Crippen LogP contribution in [0.15, 0.2) is 22.7 Å². The molecule has 2 fully saturated rings. The van der Waals surface area contributed by atoms with Crippen molar-refractivity contribution >= 4 is 21.8 Å². The molecule has 0 saturated heterocycles. The van der Waals surface area contributed by atoms with E-state index in [2.05, 4.69) is 21.2 Å². The number of carbonyl (C=O) groups excluding carboxylic acids is 1. The van der Waals surface area contributed by atoms with Crippen molar-refractivity contribution in [1.82, 2.24) is 5.32 Å². The first-order valence-electron chi connectivity index (χ1n) is 8.44. The quantitative estimate of drug-likeness (QED) is 0.842. The molecule has 1 aromatic rings. The minimum Gasteiger partial charge on any atom is -0.496 e. The number of nitrogens with two attached hydrogens (primary N) is 1. The molecule has 3 N–H and O–H groups in total. The van der Waals surface area contributed by atoms with Crippen molar-refractivity contribution in [1.29, 1.82) is 0 Å². The minimum atomic E-state index is 0.131. The van der Waals surface area contributed by atoms with Crippen LogP contribution in [0.25, 0.3) is 0 Å². The molecule has 4 nitrogen and oxygen atoms in total. The van der Waals surface area contributed by atoms with Crippen molar-refractivity contribution in [2.75, 3.05) is 7.11 Å². The topological polar surface area (TPSA) is 64.3 Å². The third kappa shape index (κ3) is 3.72. The van der Waals surface area contributed by atoms with Crippen molar-refractivity contribution in [2.45, 2.75) is 44.7 Å². The third-order valence-electron chi connectivity index (χ3n) is 5.47. The number of hydrogen-bond acceptors (Lipinski definition) is 3. The molecule has 23 heavy (non-hydrogen) atoms. The van der Waals surface area contributed by atoms with Crippen molar-refractivity contribution in [3.05, 3.63) is 28.2 Å². The summed E-state index contributed by atoms with van der Waals surface area (Å²) >= 11 is 3.48. The van der Waals surface area contributed by atoms with Crippen LogP contribution < -0.4 is 15.8 Å². The fourth-order valence-corrected chi connectivity index (χ4v) is 4.74. The third-order valence-corrected chi connectivity index (χ3v) is 6.09. The number of fused-ring (bicyclic) bond motifs is 2. The van der Waals surface area contributed by atoms with Crippen molar-refractivity contribution in [3.63, 3.8) is 0 Å². The summed E-state index contributed by atoms with van der Waals surface area (Å²) in [6.45, 7) is 0.555. The highest BCUT2D eigenvalue weighted by Gasteiger charge is 2.40. The lowest BCUT2D eigenvalue weighted by Crippen LogP contribution is -2.49. The fourth-order valence-electron chi connectivity index (χ4n) is 4.16. The van der Waals surface area contributed by atoms with E-state index in [1.165, 1.54) is 19.3 Å².